The molecule has 3 aromatic rings. The van der Waals surface area contributed by atoms with Gasteiger partial charge < -0.3 is 5.73 Å². The first-order chi connectivity index (χ1) is 13.8. The van der Waals surface area contributed by atoms with Crippen molar-refractivity contribution >= 4 is 46.1 Å². The van der Waals surface area contributed by atoms with Crippen molar-refractivity contribution in [3.05, 3.63) is 73.9 Å². The second kappa shape index (κ2) is 8.66. The van der Waals surface area contributed by atoms with Crippen LogP contribution in [-0.4, -0.2) is 27.5 Å². The number of carbonyl (C=O) groups is 1. The monoisotopic (exact) mass is 411 g/mol. The van der Waals surface area contributed by atoms with Gasteiger partial charge in [-0.1, -0.05) is 23.7 Å². The number of amides is 1. The number of nitrogens with zero attached hydrogens (tertiary/aromatic N) is 3. The predicted molar refractivity (Wildman–Crippen MR) is 114 cm³/mol. The fourth-order valence-corrected chi connectivity index (χ4v) is 2.93. The number of nitrogens with two attached hydrogens (primary N) is 1. The summed E-state index contributed by atoms with van der Waals surface area (Å²) in [5.41, 5.74) is 6.36. The van der Waals surface area contributed by atoms with E-state index in [2.05, 4.69) is 15.0 Å². The molecule has 2 aromatic carbocycles. The molecule has 0 aliphatic rings. The maximum Gasteiger partial charge on any atom is 0.328 e. The Balaban J connectivity index is 1.75. The van der Waals surface area contributed by atoms with E-state index in [0.717, 1.165) is 0 Å². The first-order valence-corrected chi connectivity index (χ1v) is 9.08. The van der Waals surface area contributed by atoms with E-state index < -0.39 is 17.2 Å². The third-order valence-corrected chi connectivity index (χ3v) is 4.47. The lowest BCUT2D eigenvalue weighted by molar-refractivity contribution is -0.117. The molecule has 0 unspecified atom stereocenters. The molecule has 1 heterocycles. The summed E-state index contributed by atoms with van der Waals surface area (Å²) in [7, 11) is 1.54. The van der Waals surface area contributed by atoms with Crippen LogP contribution in [0, 0.1) is 0 Å². The number of nitrogens with one attached hydrogen (secondary N) is 1. The Hall–Kier alpha value is -3.52. The van der Waals surface area contributed by atoms with E-state index in [1.807, 2.05) is 0 Å². The average Bonchev–Trinajstić information content (AvgIpc) is 2.67. The fraction of sp³-hybridized carbons (Fsp3) is 0.150. The summed E-state index contributed by atoms with van der Waals surface area (Å²) in [6.45, 7) is 0. The van der Waals surface area contributed by atoms with E-state index in [1.54, 1.807) is 55.7 Å². The van der Waals surface area contributed by atoms with Gasteiger partial charge in [-0.15, -0.1) is 0 Å². The number of fused-ring (bicyclic) bond motifs is 1. The lowest BCUT2D eigenvalue weighted by Gasteiger charge is -2.07. The molecule has 29 heavy (non-hydrogen) atoms. The van der Waals surface area contributed by atoms with E-state index in [-0.39, 0.29) is 24.1 Å². The Kier molecular flexibility index (Phi) is 6.04. The first kappa shape index (κ1) is 20.2. The highest BCUT2D eigenvalue weighted by atomic mass is 35.5. The molecule has 0 atom stereocenters. The summed E-state index contributed by atoms with van der Waals surface area (Å²) in [6, 6.07) is 11.9. The van der Waals surface area contributed by atoms with Crippen LogP contribution in [0.3, 0.4) is 0 Å². The molecular weight excluding hydrogens is 394 g/mol. The largest absolute Gasteiger partial charge is 0.387 e. The lowest BCUT2D eigenvalue weighted by Crippen LogP contribution is -2.29. The number of hydrogen-bond acceptors (Lipinski definition) is 4. The standard InChI is InChI=1S/C20H18ClN5O3/c1-26-15-4-2-3-12(18(15)19(28)25-20(26)29)11-17(27)24-16(22)9-10-23-14-7-5-13(21)6-8-14/h2-8,10H,9,11H2,1H3,(H2,22,24,27)(H,25,28,29). The second-order valence-electron chi connectivity index (χ2n) is 6.30. The van der Waals surface area contributed by atoms with Crippen LogP contribution in [0.2, 0.25) is 5.02 Å². The van der Waals surface area contributed by atoms with Gasteiger partial charge in [0.1, 0.15) is 5.84 Å². The number of rotatable bonds is 5. The highest BCUT2D eigenvalue weighted by molar-refractivity contribution is 6.30. The van der Waals surface area contributed by atoms with Crippen molar-refractivity contribution in [2.45, 2.75) is 12.8 Å². The van der Waals surface area contributed by atoms with Crippen molar-refractivity contribution < 1.29 is 4.79 Å². The number of aromatic nitrogens is 2. The van der Waals surface area contributed by atoms with Gasteiger partial charge in [-0.3, -0.25) is 24.1 Å². The van der Waals surface area contributed by atoms with Gasteiger partial charge in [0.25, 0.3) is 11.5 Å². The molecule has 1 amide bonds. The molecule has 3 rings (SSSR count). The third-order valence-electron chi connectivity index (χ3n) is 4.22. The smallest absolute Gasteiger partial charge is 0.328 e. The number of aromatic amines is 1. The number of halogens is 1. The van der Waals surface area contributed by atoms with Gasteiger partial charge in [0.05, 0.1) is 23.0 Å². The van der Waals surface area contributed by atoms with Crippen molar-refractivity contribution in [1.29, 1.82) is 0 Å². The molecule has 0 radical (unpaired) electrons. The van der Waals surface area contributed by atoms with Gasteiger partial charge in [0.15, 0.2) is 0 Å². The number of hydrogen-bond donors (Lipinski definition) is 2. The van der Waals surface area contributed by atoms with Crippen molar-refractivity contribution in [2.24, 2.45) is 22.8 Å². The van der Waals surface area contributed by atoms with Crippen LogP contribution in [0.1, 0.15) is 12.0 Å². The molecule has 1 aromatic heterocycles. The van der Waals surface area contributed by atoms with Crippen molar-refractivity contribution in [2.75, 3.05) is 0 Å². The summed E-state index contributed by atoms with van der Waals surface area (Å²) in [5, 5.41) is 0.893. The van der Waals surface area contributed by atoms with Crippen LogP contribution in [0.5, 0.6) is 0 Å². The summed E-state index contributed by atoms with van der Waals surface area (Å²) in [6.07, 6.45) is 1.63. The minimum atomic E-state index is -0.543. The van der Waals surface area contributed by atoms with Crippen molar-refractivity contribution in [1.82, 2.24) is 9.55 Å². The zero-order chi connectivity index (χ0) is 21.0. The van der Waals surface area contributed by atoms with Gasteiger partial charge >= 0.3 is 5.69 Å². The Labute approximate surface area is 170 Å². The number of amidine groups is 1. The number of H-pyrrole nitrogens is 1. The molecule has 0 aliphatic heterocycles. The Morgan fingerprint density at radius 1 is 1.21 bits per heavy atom. The summed E-state index contributed by atoms with van der Waals surface area (Å²) >= 11 is 5.82. The second-order valence-corrected chi connectivity index (χ2v) is 6.73. The number of carbonyl (C=O) groups excluding carboxylic acids is 1. The van der Waals surface area contributed by atoms with Gasteiger partial charge in [0.2, 0.25) is 0 Å². The maximum absolute atomic E-state index is 12.3. The zero-order valence-electron chi connectivity index (χ0n) is 15.6. The van der Waals surface area contributed by atoms with Crippen LogP contribution >= 0.6 is 11.6 Å². The first-order valence-electron chi connectivity index (χ1n) is 8.70. The molecule has 8 nitrogen and oxygen atoms in total. The number of benzene rings is 2. The van der Waals surface area contributed by atoms with Gasteiger partial charge in [-0.25, -0.2) is 9.79 Å². The molecule has 9 heteroatoms. The van der Waals surface area contributed by atoms with Crippen LogP contribution in [-0.2, 0) is 18.3 Å². The van der Waals surface area contributed by atoms with E-state index in [1.165, 1.54) is 4.57 Å². The van der Waals surface area contributed by atoms with E-state index >= 15 is 0 Å². The minimum absolute atomic E-state index is 0.106. The van der Waals surface area contributed by atoms with Gasteiger partial charge in [0, 0.05) is 24.7 Å². The van der Waals surface area contributed by atoms with E-state index in [9.17, 15) is 14.4 Å². The van der Waals surface area contributed by atoms with Crippen molar-refractivity contribution in [3.8, 4) is 0 Å². The molecule has 0 aliphatic carbocycles. The van der Waals surface area contributed by atoms with E-state index in [4.69, 9.17) is 17.3 Å². The number of aliphatic imine (C=N–C) groups is 2. The quantitative estimate of drug-likeness (QED) is 0.493. The third kappa shape index (κ3) is 4.85. The Morgan fingerprint density at radius 3 is 2.66 bits per heavy atom. The Bertz CT molecular complexity index is 1240. The molecule has 0 saturated carbocycles. The zero-order valence-corrected chi connectivity index (χ0v) is 16.3. The van der Waals surface area contributed by atoms with Crippen LogP contribution < -0.4 is 17.0 Å². The normalized spacial score (nSPS) is 12.0. The lowest BCUT2D eigenvalue weighted by atomic mass is 10.1. The summed E-state index contributed by atoms with van der Waals surface area (Å²) in [5.74, 6) is -0.391. The van der Waals surface area contributed by atoms with Crippen LogP contribution in [0.15, 0.2) is 62.0 Å². The van der Waals surface area contributed by atoms with Gasteiger partial charge in [-0.05, 0) is 35.9 Å². The molecule has 0 spiro atoms. The molecular formula is C20H18ClN5O3. The molecule has 0 saturated heterocycles. The summed E-state index contributed by atoms with van der Waals surface area (Å²) < 4.78 is 1.32. The number of aryl methyl sites for hydroxylation is 1. The molecule has 148 valence electrons. The van der Waals surface area contributed by atoms with E-state index in [0.29, 0.717) is 21.8 Å². The highest BCUT2D eigenvalue weighted by Crippen LogP contribution is 2.16. The predicted octanol–water partition coefficient (Wildman–Crippen LogP) is 2.10. The van der Waals surface area contributed by atoms with Crippen LogP contribution in [0.25, 0.3) is 10.9 Å². The molecule has 0 bridgehead atoms. The Morgan fingerprint density at radius 2 is 1.93 bits per heavy atom. The fourth-order valence-electron chi connectivity index (χ4n) is 2.81. The maximum atomic E-state index is 12.3. The minimum Gasteiger partial charge on any atom is -0.387 e. The molecule has 0 fully saturated rings. The van der Waals surface area contributed by atoms with Crippen molar-refractivity contribution in [3.63, 3.8) is 0 Å². The topological polar surface area (TPSA) is 123 Å². The summed E-state index contributed by atoms with van der Waals surface area (Å²) in [4.78, 5) is 46.5. The average molecular weight is 412 g/mol. The van der Waals surface area contributed by atoms with Crippen LogP contribution in [0.4, 0.5) is 5.69 Å². The van der Waals surface area contributed by atoms with Gasteiger partial charge in [-0.2, -0.15) is 0 Å². The molecule has 3 N–H and O–H groups in total. The highest BCUT2D eigenvalue weighted by Gasteiger charge is 2.12. The SMILES string of the molecule is Cn1c(=O)[nH]c(=O)c2c(CC(=O)N=C(N)CC=Nc3ccc(Cl)cc3)cccc21.